The average Bonchev–Trinajstić information content (AvgIpc) is 2.47. The van der Waals surface area contributed by atoms with Crippen LogP contribution in [0, 0.1) is 14.9 Å². The average molecular weight is 265 g/mol. The van der Waals surface area contributed by atoms with Crippen LogP contribution in [0.25, 0.3) is 16.5 Å². The third-order valence-corrected chi connectivity index (χ3v) is 1.55. The van der Waals surface area contributed by atoms with Gasteiger partial charge in [0.25, 0.3) is 0 Å². The summed E-state index contributed by atoms with van der Waals surface area (Å²) >= 11 is 0. The van der Waals surface area contributed by atoms with Crippen molar-refractivity contribution in [3.8, 4) is 0 Å². The van der Waals surface area contributed by atoms with Gasteiger partial charge in [-0.1, -0.05) is 26.8 Å². The second-order valence-electron chi connectivity index (χ2n) is 4.40. The predicted molar refractivity (Wildman–Crippen MR) is 76.4 cm³/mol. The van der Waals surface area contributed by atoms with E-state index < -0.39 is 0 Å². The Hall–Kier alpha value is -0.496. The summed E-state index contributed by atoms with van der Waals surface area (Å²) in [6, 6.07) is 14.7. The summed E-state index contributed by atoms with van der Waals surface area (Å²) in [5.41, 5.74) is 6.69. The van der Waals surface area contributed by atoms with Crippen LogP contribution in [0.3, 0.4) is 0 Å². The van der Waals surface area contributed by atoms with Gasteiger partial charge in [-0.05, 0) is 0 Å². The number of benzene rings is 1. The molecular formula is C15H23NTi. The van der Waals surface area contributed by atoms with Gasteiger partial charge >= 0.3 is 21.7 Å². The smallest absolute Gasteiger partial charge is 0.673 e. The van der Waals surface area contributed by atoms with E-state index in [2.05, 4.69) is 42.5 Å². The molecule has 2 rings (SSSR count). The Kier molecular flexibility index (Phi) is 12.2. The maximum Gasteiger partial charge on any atom is 4.00 e. The van der Waals surface area contributed by atoms with E-state index in [9.17, 15) is 0 Å². The quantitative estimate of drug-likeness (QED) is 0.456. The molecule has 0 bridgehead atoms. The van der Waals surface area contributed by atoms with Crippen LogP contribution in [-0.2, 0) is 21.7 Å². The first-order valence-corrected chi connectivity index (χ1v) is 4.82. The molecule has 0 saturated carbocycles. The van der Waals surface area contributed by atoms with E-state index in [1.165, 1.54) is 10.8 Å². The van der Waals surface area contributed by atoms with Crippen LogP contribution >= 0.6 is 0 Å². The van der Waals surface area contributed by atoms with Crippen LogP contribution < -0.4 is 0 Å². The molecule has 0 aliphatic heterocycles. The third-order valence-electron chi connectivity index (χ3n) is 1.55. The summed E-state index contributed by atoms with van der Waals surface area (Å²) in [6.45, 7) is 5.56. The Morgan fingerprint density at radius 1 is 1.00 bits per heavy atom. The number of nitrogens with one attached hydrogen (secondary N) is 1. The zero-order valence-corrected chi connectivity index (χ0v) is 13.1. The van der Waals surface area contributed by atoms with Crippen LogP contribution in [0.5, 0.6) is 0 Å². The van der Waals surface area contributed by atoms with Crippen molar-refractivity contribution in [2.75, 3.05) is 0 Å². The fourth-order valence-electron chi connectivity index (χ4n) is 1.07. The van der Waals surface area contributed by atoms with Crippen molar-refractivity contribution in [1.29, 1.82) is 0 Å². The van der Waals surface area contributed by atoms with Gasteiger partial charge in [0.1, 0.15) is 0 Å². The maximum atomic E-state index is 6.94. The first-order chi connectivity index (χ1) is 6.47. The van der Waals surface area contributed by atoms with E-state index >= 15 is 0 Å². The normalized spacial score (nSPS) is 8.94. The van der Waals surface area contributed by atoms with Crippen molar-refractivity contribution in [3.63, 3.8) is 0 Å². The standard InChI is InChI=1S/C9H7.C4H10N.2CH3.Ti/c1-2-5-9-7-3-6-8(9)4-1;1-4(2,3)5;;;/h1-7H;5H,1-3H3;2*1H3;/q4*-1;+4. The molecule has 0 fully saturated rings. The molecule has 2 aromatic rings. The van der Waals surface area contributed by atoms with E-state index in [4.69, 9.17) is 5.73 Å². The largest absolute Gasteiger partial charge is 4.00 e. The van der Waals surface area contributed by atoms with Crippen LogP contribution in [-0.4, -0.2) is 5.54 Å². The predicted octanol–water partition coefficient (Wildman–Crippen LogP) is 5.29. The molecule has 0 amide bonds. The summed E-state index contributed by atoms with van der Waals surface area (Å²) in [5.74, 6) is 0. The van der Waals surface area contributed by atoms with Crippen LogP contribution in [0.1, 0.15) is 20.8 Å². The van der Waals surface area contributed by atoms with Crippen molar-refractivity contribution < 1.29 is 21.7 Å². The Bertz CT molecular complexity index is 349. The zero-order valence-electron chi connectivity index (χ0n) is 11.5. The molecule has 0 aliphatic rings. The van der Waals surface area contributed by atoms with Crippen molar-refractivity contribution in [1.82, 2.24) is 0 Å². The molecule has 0 unspecified atom stereocenters. The number of hydrogen-bond donors (Lipinski definition) is 0. The second-order valence-corrected chi connectivity index (χ2v) is 4.40. The number of hydrogen-bond acceptors (Lipinski definition) is 0. The van der Waals surface area contributed by atoms with Gasteiger partial charge in [-0.15, -0.1) is 35.2 Å². The van der Waals surface area contributed by atoms with Gasteiger partial charge in [0.15, 0.2) is 0 Å². The van der Waals surface area contributed by atoms with E-state index in [0.717, 1.165) is 0 Å². The van der Waals surface area contributed by atoms with Gasteiger partial charge in [0.05, 0.1) is 0 Å². The van der Waals surface area contributed by atoms with E-state index in [1.54, 1.807) is 0 Å². The fraction of sp³-hybridized carbons (Fsp3) is 0.267. The molecule has 1 nitrogen and oxygen atoms in total. The summed E-state index contributed by atoms with van der Waals surface area (Å²) in [4.78, 5) is 0. The molecule has 2 heteroatoms. The minimum absolute atomic E-state index is 0. The monoisotopic (exact) mass is 265 g/mol. The van der Waals surface area contributed by atoms with Gasteiger partial charge in [-0.2, -0.15) is 17.5 Å². The molecule has 0 aliphatic carbocycles. The topological polar surface area (TPSA) is 23.8 Å². The molecule has 0 atom stereocenters. The van der Waals surface area contributed by atoms with Crippen molar-refractivity contribution in [3.05, 3.63) is 63.1 Å². The molecule has 0 radical (unpaired) electrons. The summed E-state index contributed by atoms with van der Waals surface area (Å²) in [7, 11) is 0. The summed E-state index contributed by atoms with van der Waals surface area (Å²) in [6.07, 6.45) is 0. The minimum atomic E-state index is -0.250. The van der Waals surface area contributed by atoms with E-state index in [1.807, 2.05) is 20.8 Å². The Balaban J connectivity index is -0.000000222. The summed E-state index contributed by atoms with van der Waals surface area (Å²) in [5, 5.41) is 2.66. The van der Waals surface area contributed by atoms with Gasteiger partial charge in [0, 0.05) is 0 Å². The van der Waals surface area contributed by atoms with Crippen molar-refractivity contribution >= 4 is 10.8 Å². The third kappa shape index (κ3) is 10.4. The minimum Gasteiger partial charge on any atom is -0.673 e. The first kappa shape index (κ1) is 21.8. The maximum absolute atomic E-state index is 6.94. The van der Waals surface area contributed by atoms with E-state index in [-0.39, 0.29) is 42.1 Å². The Morgan fingerprint density at radius 2 is 1.47 bits per heavy atom. The first-order valence-electron chi connectivity index (χ1n) is 4.82. The zero-order chi connectivity index (χ0) is 10.6. The molecule has 0 saturated heterocycles. The van der Waals surface area contributed by atoms with Gasteiger partial charge in [-0.3, -0.25) is 0 Å². The molecular weight excluding hydrogens is 242 g/mol. The molecule has 2 aromatic carbocycles. The summed E-state index contributed by atoms with van der Waals surface area (Å²) < 4.78 is 0. The molecule has 1 N–H and O–H groups in total. The molecule has 92 valence electrons. The Morgan fingerprint density at radius 3 is 1.94 bits per heavy atom. The SMILES string of the molecule is CC(C)(C)[NH-].[CH3-].[CH3-].[Ti+4].c1ccc2[cH-]ccc2c1. The Labute approximate surface area is 122 Å². The van der Waals surface area contributed by atoms with Crippen LogP contribution in [0.2, 0.25) is 0 Å². The van der Waals surface area contributed by atoms with Gasteiger partial charge in [0.2, 0.25) is 0 Å². The van der Waals surface area contributed by atoms with Crippen molar-refractivity contribution in [2.45, 2.75) is 26.3 Å². The van der Waals surface area contributed by atoms with Crippen molar-refractivity contribution in [2.24, 2.45) is 0 Å². The van der Waals surface area contributed by atoms with Crippen LogP contribution in [0.15, 0.2) is 42.5 Å². The van der Waals surface area contributed by atoms with Gasteiger partial charge in [-0.25, -0.2) is 0 Å². The van der Waals surface area contributed by atoms with Crippen LogP contribution in [0.4, 0.5) is 0 Å². The molecule has 0 heterocycles. The fourth-order valence-corrected chi connectivity index (χ4v) is 1.07. The van der Waals surface area contributed by atoms with Gasteiger partial charge < -0.3 is 20.6 Å². The number of fused-ring (bicyclic) bond motifs is 1. The number of rotatable bonds is 0. The molecule has 17 heavy (non-hydrogen) atoms. The molecule has 0 aromatic heterocycles. The molecule has 0 spiro atoms. The van der Waals surface area contributed by atoms with E-state index in [0.29, 0.717) is 0 Å². The second kappa shape index (κ2) is 9.53.